The van der Waals surface area contributed by atoms with E-state index in [0.29, 0.717) is 5.25 Å². The number of aromatic nitrogens is 1. The van der Waals surface area contributed by atoms with Crippen LogP contribution in [-0.4, -0.2) is 16.3 Å². The van der Waals surface area contributed by atoms with E-state index in [4.69, 9.17) is 5.73 Å². The zero-order chi connectivity index (χ0) is 12.5. The topological polar surface area (TPSA) is 38.9 Å². The predicted octanol–water partition coefficient (Wildman–Crippen LogP) is 3.84. The van der Waals surface area contributed by atoms with Crippen LogP contribution in [0.2, 0.25) is 0 Å². The highest BCUT2D eigenvalue weighted by molar-refractivity contribution is 9.10. The van der Waals surface area contributed by atoms with Gasteiger partial charge in [-0.15, -0.1) is 11.8 Å². The van der Waals surface area contributed by atoms with Crippen molar-refractivity contribution in [2.24, 2.45) is 11.1 Å². The number of nitrogens with zero attached hydrogens (tertiary/aromatic N) is 1. The molecule has 0 amide bonds. The Kier molecular flexibility index (Phi) is 4.16. The van der Waals surface area contributed by atoms with Crippen LogP contribution in [0.5, 0.6) is 0 Å². The second kappa shape index (κ2) is 5.29. The van der Waals surface area contributed by atoms with Crippen molar-refractivity contribution < 1.29 is 0 Å². The minimum absolute atomic E-state index is 0.255. The number of thioether (sulfide) groups is 1. The smallest absolute Gasteiger partial charge is 0.0963 e. The minimum Gasteiger partial charge on any atom is -0.326 e. The molecule has 4 heteroatoms. The molecule has 0 aliphatic heterocycles. The van der Waals surface area contributed by atoms with Gasteiger partial charge in [0.2, 0.25) is 0 Å². The lowest BCUT2D eigenvalue weighted by Gasteiger charge is -2.41. The molecule has 0 spiro atoms. The van der Waals surface area contributed by atoms with Crippen LogP contribution in [0.1, 0.15) is 33.1 Å². The molecule has 1 aromatic heterocycles. The fourth-order valence-electron chi connectivity index (χ4n) is 2.33. The second-order valence-electron chi connectivity index (χ2n) is 5.38. The van der Waals surface area contributed by atoms with Crippen LogP contribution in [-0.2, 0) is 0 Å². The number of nitrogens with two attached hydrogens (primary N) is 1. The average Bonchev–Trinajstić information content (AvgIpc) is 2.28. The highest BCUT2D eigenvalue weighted by atomic mass is 79.9. The summed E-state index contributed by atoms with van der Waals surface area (Å²) in [6.45, 7) is 4.55. The summed E-state index contributed by atoms with van der Waals surface area (Å²) < 4.78 is 1.02. The molecular formula is C13H19BrN2S. The summed E-state index contributed by atoms with van der Waals surface area (Å²) in [4.78, 5) is 4.42. The van der Waals surface area contributed by atoms with Gasteiger partial charge < -0.3 is 5.73 Å². The molecule has 17 heavy (non-hydrogen) atoms. The highest BCUT2D eigenvalue weighted by Gasteiger charge is 2.36. The number of hydrogen-bond acceptors (Lipinski definition) is 3. The van der Waals surface area contributed by atoms with Gasteiger partial charge in [-0.2, -0.15) is 0 Å². The van der Waals surface area contributed by atoms with Crippen LogP contribution in [0.15, 0.2) is 27.8 Å². The molecule has 1 aliphatic carbocycles. The van der Waals surface area contributed by atoms with E-state index >= 15 is 0 Å². The van der Waals surface area contributed by atoms with Crippen molar-refractivity contribution in [2.45, 2.75) is 49.4 Å². The Morgan fingerprint density at radius 1 is 1.47 bits per heavy atom. The molecular weight excluding hydrogens is 296 g/mol. The zero-order valence-corrected chi connectivity index (χ0v) is 12.7. The molecule has 2 atom stereocenters. The summed E-state index contributed by atoms with van der Waals surface area (Å²) in [5.41, 5.74) is 6.63. The van der Waals surface area contributed by atoms with Crippen molar-refractivity contribution in [3.8, 4) is 0 Å². The van der Waals surface area contributed by atoms with Gasteiger partial charge in [0.25, 0.3) is 0 Å². The molecule has 1 fully saturated rings. The first-order valence-corrected chi connectivity index (χ1v) is 7.70. The van der Waals surface area contributed by atoms with Crippen molar-refractivity contribution in [3.63, 3.8) is 0 Å². The standard InChI is InChI=1S/C13H19BrN2S/c1-13(2)7-3-4-10(12(13)15)17-11-6-5-9(14)8-16-11/h5-6,8,10,12H,3-4,7,15H2,1-2H3. The van der Waals surface area contributed by atoms with Gasteiger partial charge in [-0.05, 0) is 46.3 Å². The lowest BCUT2D eigenvalue weighted by molar-refractivity contribution is 0.208. The molecule has 0 aromatic carbocycles. The summed E-state index contributed by atoms with van der Waals surface area (Å²) >= 11 is 5.23. The minimum atomic E-state index is 0.255. The number of halogens is 1. The monoisotopic (exact) mass is 314 g/mol. The van der Waals surface area contributed by atoms with Gasteiger partial charge in [-0.3, -0.25) is 0 Å². The van der Waals surface area contributed by atoms with E-state index in [0.717, 1.165) is 9.50 Å². The SMILES string of the molecule is CC1(C)CCCC(Sc2ccc(Br)cn2)C1N. The van der Waals surface area contributed by atoms with Crippen LogP contribution < -0.4 is 5.73 Å². The second-order valence-corrected chi connectivity index (χ2v) is 7.55. The lowest BCUT2D eigenvalue weighted by atomic mass is 9.73. The van der Waals surface area contributed by atoms with Crippen LogP contribution in [0.4, 0.5) is 0 Å². The molecule has 2 rings (SSSR count). The van der Waals surface area contributed by atoms with Gasteiger partial charge in [0, 0.05) is 22.0 Å². The van der Waals surface area contributed by atoms with E-state index in [-0.39, 0.29) is 11.5 Å². The third-order valence-corrected chi connectivity index (χ3v) is 5.37. The van der Waals surface area contributed by atoms with Crippen molar-refractivity contribution in [1.29, 1.82) is 0 Å². The normalized spacial score (nSPS) is 28.0. The van der Waals surface area contributed by atoms with Crippen molar-refractivity contribution in [2.75, 3.05) is 0 Å². The fourth-order valence-corrected chi connectivity index (χ4v) is 3.93. The maximum Gasteiger partial charge on any atom is 0.0963 e. The molecule has 0 saturated heterocycles. The molecule has 1 aliphatic rings. The average molecular weight is 315 g/mol. The quantitative estimate of drug-likeness (QED) is 0.901. The van der Waals surface area contributed by atoms with E-state index in [1.165, 1.54) is 19.3 Å². The Hall–Kier alpha value is -0.0600. The maximum atomic E-state index is 6.38. The molecule has 2 N–H and O–H groups in total. The van der Waals surface area contributed by atoms with Crippen molar-refractivity contribution in [3.05, 3.63) is 22.8 Å². The van der Waals surface area contributed by atoms with Crippen LogP contribution in [0.3, 0.4) is 0 Å². The third kappa shape index (κ3) is 3.24. The summed E-state index contributed by atoms with van der Waals surface area (Å²) in [5.74, 6) is 0. The van der Waals surface area contributed by atoms with Gasteiger partial charge in [-0.25, -0.2) is 4.98 Å². The highest BCUT2D eigenvalue weighted by Crippen LogP contribution is 2.41. The maximum absolute atomic E-state index is 6.38. The molecule has 2 nitrogen and oxygen atoms in total. The van der Waals surface area contributed by atoms with E-state index in [1.54, 1.807) is 0 Å². The molecule has 2 unspecified atom stereocenters. The first-order valence-electron chi connectivity index (χ1n) is 6.03. The first kappa shape index (κ1) is 13.4. The Morgan fingerprint density at radius 3 is 2.88 bits per heavy atom. The largest absolute Gasteiger partial charge is 0.326 e. The molecule has 1 aromatic rings. The number of rotatable bonds is 2. The Morgan fingerprint density at radius 2 is 2.24 bits per heavy atom. The van der Waals surface area contributed by atoms with Gasteiger partial charge in [0.1, 0.15) is 0 Å². The van der Waals surface area contributed by atoms with E-state index in [1.807, 2.05) is 24.0 Å². The summed E-state index contributed by atoms with van der Waals surface area (Å²) in [6.07, 6.45) is 5.56. The van der Waals surface area contributed by atoms with Gasteiger partial charge in [0.15, 0.2) is 0 Å². The van der Waals surface area contributed by atoms with E-state index in [9.17, 15) is 0 Å². The van der Waals surface area contributed by atoms with E-state index < -0.39 is 0 Å². The first-order chi connectivity index (χ1) is 7.99. The number of hydrogen-bond donors (Lipinski definition) is 1. The summed E-state index contributed by atoms with van der Waals surface area (Å²) in [7, 11) is 0. The number of pyridine rings is 1. The molecule has 0 bridgehead atoms. The summed E-state index contributed by atoms with van der Waals surface area (Å²) in [6, 6.07) is 4.35. The molecule has 0 radical (unpaired) electrons. The zero-order valence-electron chi connectivity index (χ0n) is 10.3. The molecule has 1 heterocycles. The Bertz CT molecular complexity index is 378. The fraction of sp³-hybridized carbons (Fsp3) is 0.615. The third-order valence-electron chi connectivity index (χ3n) is 3.59. The van der Waals surface area contributed by atoms with Gasteiger partial charge >= 0.3 is 0 Å². The Labute approximate surface area is 116 Å². The Balaban J connectivity index is 2.05. The van der Waals surface area contributed by atoms with Crippen LogP contribution in [0, 0.1) is 5.41 Å². The van der Waals surface area contributed by atoms with Crippen LogP contribution in [0.25, 0.3) is 0 Å². The van der Waals surface area contributed by atoms with Gasteiger partial charge in [-0.1, -0.05) is 20.3 Å². The van der Waals surface area contributed by atoms with Gasteiger partial charge in [0.05, 0.1) is 5.03 Å². The predicted molar refractivity (Wildman–Crippen MR) is 77.2 cm³/mol. The molecule has 1 saturated carbocycles. The lowest BCUT2D eigenvalue weighted by Crippen LogP contribution is -2.48. The molecule has 94 valence electrons. The summed E-state index contributed by atoms with van der Waals surface area (Å²) in [5, 5.41) is 1.57. The van der Waals surface area contributed by atoms with Crippen molar-refractivity contribution in [1.82, 2.24) is 4.98 Å². The van der Waals surface area contributed by atoms with E-state index in [2.05, 4.69) is 40.8 Å². The van der Waals surface area contributed by atoms with Crippen LogP contribution >= 0.6 is 27.7 Å². The van der Waals surface area contributed by atoms with Crippen molar-refractivity contribution >= 4 is 27.7 Å².